The quantitative estimate of drug-likeness (QED) is 0.261. The van der Waals surface area contributed by atoms with Crippen LogP contribution in [0, 0.1) is 28.1 Å². The van der Waals surface area contributed by atoms with Crippen LogP contribution in [0.4, 0.5) is 11.4 Å². The van der Waals surface area contributed by atoms with E-state index in [-0.39, 0.29) is 41.1 Å². The van der Waals surface area contributed by atoms with Crippen LogP contribution in [0.2, 0.25) is 5.02 Å². The summed E-state index contributed by atoms with van der Waals surface area (Å²) >= 11 is 6.01. The normalized spacial score (nSPS) is 22.0. The number of benzene rings is 3. The molecule has 0 spiro atoms. The van der Waals surface area contributed by atoms with Gasteiger partial charge in [-0.3, -0.25) is 29.4 Å². The minimum atomic E-state index is -0.584. The van der Waals surface area contributed by atoms with Crippen molar-refractivity contribution in [3.8, 4) is 11.8 Å². The Morgan fingerprint density at radius 2 is 1.53 bits per heavy atom. The fourth-order valence-electron chi connectivity index (χ4n) is 9.92. The van der Waals surface area contributed by atoms with E-state index in [1.807, 2.05) is 36.4 Å². The predicted molar refractivity (Wildman–Crippen MR) is 224 cm³/mol. The van der Waals surface area contributed by atoms with Gasteiger partial charge in [-0.2, -0.15) is 5.26 Å². The molecule has 3 aromatic carbocycles. The van der Waals surface area contributed by atoms with Gasteiger partial charge in [0.05, 0.1) is 10.6 Å². The summed E-state index contributed by atoms with van der Waals surface area (Å²) in [6, 6.07) is 20.3. The van der Waals surface area contributed by atoms with E-state index >= 15 is 0 Å². The van der Waals surface area contributed by atoms with Gasteiger partial charge in [0.25, 0.3) is 5.91 Å². The van der Waals surface area contributed by atoms with Crippen LogP contribution in [0.5, 0.6) is 5.75 Å². The van der Waals surface area contributed by atoms with Crippen LogP contribution in [0.15, 0.2) is 60.7 Å². The maximum absolute atomic E-state index is 13.0. The molecule has 4 heterocycles. The van der Waals surface area contributed by atoms with E-state index in [4.69, 9.17) is 27.3 Å². The number of amides is 4. The Bertz CT molecular complexity index is 2080. The molecule has 4 aliphatic heterocycles. The van der Waals surface area contributed by atoms with E-state index in [1.165, 1.54) is 0 Å². The summed E-state index contributed by atoms with van der Waals surface area (Å²) in [5.41, 5.74) is 10.6. The molecule has 12 nitrogen and oxygen atoms in total. The zero-order valence-corrected chi connectivity index (χ0v) is 34.7. The molecular formula is C45H54ClN7O5. The molecule has 0 radical (unpaired) electrons. The molecule has 4 amide bonds. The molecule has 13 heteroatoms. The van der Waals surface area contributed by atoms with Gasteiger partial charge in [-0.05, 0) is 91.8 Å². The van der Waals surface area contributed by atoms with Crippen molar-refractivity contribution >= 4 is 46.6 Å². The number of hydrogen-bond donors (Lipinski definition) is 2. The summed E-state index contributed by atoms with van der Waals surface area (Å²) in [4.78, 5) is 57.1. The number of rotatable bonds is 8. The van der Waals surface area contributed by atoms with Crippen LogP contribution >= 0.6 is 11.6 Å². The lowest BCUT2D eigenvalue weighted by molar-refractivity contribution is -0.136. The Kier molecular flexibility index (Phi) is 11.8. The van der Waals surface area contributed by atoms with Gasteiger partial charge in [0.2, 0.25) is 17.7 Å². The molecular weight excluding hydrogens is 754 g/mol. The first-order valence-electron chi connectivity index (χ1n) is 20.4. The third-order valence-electron chi connectivity index (χ3n) is 12.5. The molecule has 1 unspecified atom stereocenters. The first-order valence-corrected chi connectivity index (χ1v) is 20.8. The van der Waals surface area contributed by atoms with Crippen molar-refractivity contribution < 1.29 is 23.9 Å². The molecule has 3 saturated heterocycles. The maximum Gasteiger partial charge on any atom is 0.255 e. The Balaban J connectivity index is 0.000000238. The number of primary amides is 1. The fourth-order valence-corrected chi connectivity index (χ4v) is 10.1. The van der Waals surface area contributed by atoms with Gasteiger partial charge in [0, 0.05) is 98.2 Å². The second-order valence-electron chi connectivity index (χ2n) is 17.8. The van der Waals surface area contributed by atoms with Crippen molar-refractivity contribution in [2.24, 2.45) is 22.5 Å². The zero-order valence-electron chi connectivity index (χ0n) is 33.9. The zero-order chi connectivity index (χ0) is 41.4. The summed E-state index contributed by atoms with van der Waals surface area (Å²) < 4.78 is 6.07. The first-order chi connectivity index (χ1) is 27.6. The number of ether oxygens (including phenoxy) is 1. The number of carbonyl (C=O) groups excluding carboxylic acids is 4. The number of piperidine rings is 2. The van der Waals surface area contributed by atoms with E-state index in [0.29, 0.717) is 40.6 Å². The number of piperazine rings is 1. The number of anilines is 2. The van der Waals surface area contributed by atoms with Gasteiger partial charge in [0.1, 0.15) is 24.0 Å². The first kappa shape index (κ1) is 41.1. The molecule has 1 saturated carbocycles. The Hall–Kier alpha value is -5.12. The predicted octanol–water partition coefficient (Wildman–Crippen LogP) is 6.00. The molecule has 8 rings (SSSR count). The third kappa shape index (κ3) is 8.81. The topological polar surface area (TPSA) is 152 Å². The highest BCUT2D eigenvalue weighted by atomic mass is 35.5. The molecule has 306 valence electrons. The number of halogens is 1. The largest absolute Gasteiger partial charge is 0.489 e. The summed E-state index contributed by atoms with van der Waals surface area (Å²) in [7, 11) is 0. The summed E-state index contributed by atoms with van der Waals surface area (Å²) in [6.45, 7) is 16.3. The molecule has 1 aliphatic carbocycles. The van der Waals surface area contributed by atoms with Crippen LogP contribution in [-0.2, 0) is 16.1 Å². The number of nitrogens with zero attached hydrogens (tertiary/aromatic N) is 5. The van der Waals surface area contributed by atoms with Crippen LogP contribution < -0.4 is 25.6 Å². The summed E-state index contributed by atoms with van der Waals surface area (Å²) in [6.07, 6.45) is 4.27. The Labute approximate surface area is 346 Å². The van der Waals surface area contributed by atoms with Crippen molar-refractivity contribution in [1.29, 1.82) is 5.26 Å². The van der Waals surface area contributed by atoms with Gasteiger partial charge in [-0.25, -0.2) is 0 Å². The van der Waals surface area contributed by atoms with Gasteiger partial charge >= 0.3 is 0 Å². The molecule has 3 aromatic rings. The highest BCUT2D eigenvalue weighted by molar-refractivity contribution is 6.31. The van der Waals surface area contributed by atoms with Crippen LogP contribution in [-0.4, -0.2) is 91.4 Å². The Morgan fingerprint density at radius 1 is 0.879 bits per heavy atom. The highest BCUT2D eigenvalue weighted by Crippen LogP contribution is 2.55. The summed E-state index contributed by atoms with van der Waals surface area (Å²) in [5, 5.41) is 11.7. The number of nitrogens with two attached hydrogens (primary N) is 1. The maximum atomic E-state index is 13.0. The van der Waals surface area contributed by atoms with Crippen LogP contribution in [0.25, 0.3) is 0 Å². The minimum Gasteiger partial charge on any atom is -0.489 e. The van der Waals surface area contributed by atoms with E-state index in [1.54, 1.807) is 29.2 Å². The lowest BCUT2D eigenvalue weighted by Crippen LogP contribution is -2.58. The van der Waals surface area contributed by atoms with E-state index in [0.717, 1.165) is 87.8 Å². The van der Waals surface area contributed by atoms with Crippen molar-refractivity contribution in [3.05, 3.63) is 87.9 Å². The van der Waals surface area contributed by atoms with Crippen LogP contribution in [0.1, 0.15) is 91.6 Å². The summed E-state index contributed by atoms with van der Waals surface area (Å²) in [5.74, 6) is 0.244. The molecule has 58 heavy (non-hydrogen) atoms. The molecule has 5 aliphatic rings. The molecule has 0 aromatic heterocycles. The molecule has 3 N–H and O–H groups in total. The monoisotopic (exact) mass is 807 g/mol. The highest BCUT2D eigenvalue weighted by Gasteiger charge is 2.55. The average Bonchev–Trinajstić information content (AvgIpc) is 3.52. The van der Waals surface area contributed by atoms with Crippen molar-refractivity contribution in [2.75, 3.05) is 55.6 Å². The number of nitrogens with one attached hydrogen (secondary N) is 1. The number of hydrogen-bond acceptors (Lipinski definition) is 9. The second kappa shape index (κ2) is 16.6. The fraction of sp³-hybridized carbons (Fsp3) is 0.489. The van der Waals surface area contributed by atoms with E-state index in [2.05, 4.69) is 53.8 Å². The van der Waals surface area contributed by atoms with Crippen molar-refractivity contribution in [3.63, 3.8) is 0 Å². The number of nitriles is 1. The van der Waals surface area contributed by atoms with E-state index < -0.39 is 11.9 Å². The molecule has 1 atom stereocenters. The van der Waals surface area contributed by atoms with Gasteiger partial charge in [-0.15, -0.1) is 0 Å². The number of fused-ring (bicyclic) bond motifs is 1. The second-order valence-corrected chi connectivity index (χ2v) is 18.2. The smallest absolute Gasteiger partial charge is 0.255 e. The number of carbonyl (C=O) groups is 4. The Morgan fingerprint density at radius 3 is 2.14 bits per heavy atom. The van der Waals surface area contributed by atoms with Gasteiger partial charge < -0.3 is 25.2 Å². The molecule has 4 fully saturated rings. The van der Waals surface area contributed by atoms with E-state index in [9.17, 15) is 19.2 Å². The SMILES string of the molecule is CC1(C)CC(C)(C)C1Oc1ccc(C#N)c(Cl)c1.NC(=O)c1ccc(N2CCC(CN3CCN(c4ccc5c(c4)CN(C4CCC(=O)NC4=O)C5=O)CC3)CC2)cc1. The standard InChI is InChI=1S/C30H36N6O4.C15H18ClNO/c31-28(38)21-1-3-23(4-2-21)34-11-9-20(10-12-34)18-33-13-15-35(16-14-33)24-5-6-25-22(17-24)19-36(30(25)40)26-7-8-27(37)32-29(26)39;1-14(2)9-15(3,4)13(14)18-11-6-5-10(8-17)12(16)7-11/h1-6,17,20,26H,7-16,18-19H2,(H2,31,38)(H,32,37,39);5-7,13H,9H2,1-4H3. The lowest BCUT2D eigenvalue weighted by Gasteiger charge is -2.56. The number of imide groups is 1. The third-order valence-corrected chi connectivity index (χ3v) is 12.9. The molecule has 0 bridgehead atoms. The average molecular weight is 808 g/mol. The minimum absolute atomic E-state index is 0.130. The van der Waals surface area contributed by atoms with Crippen molar-refractivity contribution in [1.82, 2.24) is 15.1 Å². The van der Waals surface area contributed by atoms with Gasteiger partial charge in [0.15, 0.2) is 0 Å². The van der Waals surface area contributed by atoms with Crippen LogP contribution in [0.3, 0.4) is 0 Å². The lowest BCUT2D eigenvalue weighted by atomic mass is 9.53. The van der Waals surface area contributed by atoms with Gasteiger partial charge in [-0.1, -0.05) is 39.3 Å². The van der Waals surface area contributed by atoms with Crippen molar-refractivity contribution in [2.45, 2.75) is 78.5 Å².